The van der Waals surface area contributed by atoms with Crippen molar-refractivity contribution in [2.75, 3.05) is 6.61 Å². The quantitative estimate of drug-likeness (QED) is 0.330. The fourth-order valence-corrected chi connectivity index (χ4v) is 0.901. The highest BCUT2D eigenvalue weighted by Gasteiger charge is 2.35. The zero-order valence-electron chi connectivity index (χ0n) is 6.08. The number of hydrogen-bond acceptors (Lipinski definition) is 6. The van der Waals surface area contributed by atoms with Gasteiger partial charge in [-0.2, -0.15) is 0 Å². The highest BCUT2D eigenvalue weighted by Crippen LogP contribution is 2.21. The molecule has 1 heterocycles. The predicted octanol–water partition coefficient (Wildman–Crippen LogP) is -1.62. The van der Waals surface area contributed by atoms with E-state index in [1.807, 2.05) is 0 Å². The largest absolute Gasteiger partial charge is 0.506 e. The first-order valence-corrected chi connectivity index (χ1v) is 3.32. The highest BCUT2D eigenvalue weighted by atomic mass is 16.6. The van der Waals surface area contributed by atoms with E-state index in [2.05, 4.69) is 4.74 Å². The lowest BCUT2D eigenvalue weighted by Gasteiger charge is -2.29. The van der Waals surface area contributed by atoms with Crippen molar-refractivity contribution in [2.24, 2.45) is 0 Å². The van der Waals surface area contributed by atoms with Gasteiger partial charge in [0.2, 0.25) is 6.29 Å². The van der Waals surface area contributed by atoms with Gasteiger partial charge in [-0.25, -0.2) is 0 Å². The Morgan fingerprint density at radius 3 is 2.25 bits per heavy atom. The zero-order valence-corrected chi connectivity index (χ0v) is 6.08. The van der Waals surface area contributed by atoms with Crippen molar-refractivity contribution in [3.8, 4) is 0 Å². The molecule has 0 aromatic carbocycles. The maximum Gasteiger partial charge on any atom is 0.218 e. The molecule has 5 N–H and O–H groups in total. The van der Waals surface area contributed by atoms with E-state index in [0.717, 1.165) is 0 Å². The Hall–Kier alpha value is -0.820. The molecular weight excluding hydrogens is 168 g/mol. The molecule has 0 saturated carbocycles. The lowest BCUT2D eigenvalue weighted by atomic mass is 10.1. The fraction of sp³-hybridized carbons (Fsp3) is 0.667. The minimum Gasteiger partial charge on any atom is -0.506 e. The van der Waals surface area contributed by atoms with E-state index in [4.69, 9.17) is 25.5 Å². The van der Waals surface area contributed by atoms with Crippen molar-refractivity contribution in [3.63, 3.8) is 0 Å². The van der Waals surface area contributed by atoms with E-state index in [1.54, 1.807) is 0 Å². The number of hydrogen-bond donors (Lipinski definition) is 5. The third-order valence-corrected chi connectivity index (χ3v) is 1.61. The number of aliphatic hydroxyl groups is 5. The molecule has 0 saturated heterocycles. The normalized spacial score (nSPS) is 37.1. The van der Waals surface area contributed by atoms with Gasteiger partial charge in [0.1, 0.15) is 12.2 Å². The van der Waals surface area contributed by atoms with Crippen LogP contribution in [0.15, 0.2) is 11.5 Å². The lowest BCUT2D eigenvalue weighted by Crippen LogP contribution is -2.43. The van der Waals surface area contributed by atoms with E-state index in [-0.39, 0.29) is 0 Å². The first-order chi connectivity index (χ1) is 5.57. The van der Waals surface area contributed by atoms with Crippen molar-refractivity contribution in [2.45, 2.75) is 18.5 Å². The monoisotopic (exact) mass is 178 g/mol. The van der Waals surface area contributed by atoms with Crippen molar-refractivity contribution in [3.05, 3.63) is 11.5 Å². The molecule has 70 valence electrons. The van der Waals surface area contributed by atoms with E-state index in [9.17, 15) is 0 Å². The molecule has 0 amide bonds. The van der Waals surface area contributed by atoms with Crippen LogP contribution in [0.1, 0.15) is 0 Å². The van der Waals surface area contributed by atoms with Crippen LogP contribution in [0.4, 0.5) is 0 Å². The molecule has 1 aliphatic heterocycles. The van der Waals surface area contributed by atoms with Gasteiger partial charge in [-0.05, 0) is 0 Å². The van der Waals surface area contributed by atoms with Crippen molar-refractivity contribution >= 4 is 0 Å². The molecule has 0 aliphatic carbocycles. The molecule has 0 aromatic rings. The summed E-state index contributed by atoms with van der Waals surface area (Å²) in [5.41, 5.74) is 0. The molecule has 0 aromatic heterocycles. The Balaban J connectivity index is 2.85. The summed E-state index contributed by atoms with van der Waals surface area (Å²) in [6.45, 7) is -0.560. The lowest BCUT2D eigenvalue weighted by molar-refractivity contribution is -0.188. The first kappa shape index (κ1) is 9.27. The van der Waals surface area contributed by atoms with Crippen molar-refractivity contribution in [1.82, 2.24) is 0 Å². The van der Waals surface area contributed by atoms with Gasteiger partial charge < -0.3 is 30.3 Å². The molecule has 1 aliphatic rings. The molecule has 0 spiro atoms. The average molecular weight is 178 g/mol. The van der Waals surface area contributed by atoms with Gasteiger partial charge in [0.25, 0.3) is 0 Å². The predicted molar refractivity (Wildman–Crippen MR) is 36.3 cm³/mol. The van der Waals surface area contributed by atoms with Crippen LogP contribution >= 0.6 is 0 Å². The summed E-state index contributed by atoms with van der Waals surface area (Å²) in [4.78, 5) is 0. The van der Waals surface area contributed by atoms with Crippen LogP contribution in [0, 0.1) is 0 Å². The van der Waals surface area contributed by atoms with Crippen LogP contribution in [0.25, 0.3) is 0 Å². The topological polar surface area (TPSA) is 110 Å². The summed E-state index contributed by atoms with van der Waals surface area (Å²) in [5, 5.41) is 44.3. The second kappa shape index (κ2) is 3.28. The first-order valence-electron chi connectivity index (χ1n) is 3.32. The maximum absolute atomic E-state index is 9.06. The fourth-order valence-electron chi connectivity index (χ4n) is 0.901. The van der Waals surface area contributed by atoms with Gasteiger partial charge in [0, 0.05) is 0 Å². The van der Waals surface area contributed by atoms with Gasteiger partial charge in [-0.3, -0.25) is 0 Å². The van der Waals surface area contributed by atoms with E-state index in [1.165, 1.54) is 0 Å². The molecule has 1 rings (SSSR count). The summed E-state index contributed by atoms with van der Waals surface area (Å²) in [6, 6.07) is 0. The van der Waals surface area contributed by atoms with Gasteiger partial charge in [0.15, 0.2) is 11.5 Å². The van der Waals surface area contributed by atoms with Crippen molar-refractivity contribution in [1.29, 1.82) is 0 Å². The second-order valence-corrected chi connectivity index (χ2v) is 2.42. The third-order valence-electron chi connectivity index (χ3n) is 1.61. The van der Waals surface area contributed by atoms with Crippen LogP contribution in [-0.2, 0) is 4.74 Å². The van der Waals surface area contributed by atoms with Crippen LogP contribution in [-0.4, -0.2) is 50.6 Å². The zero-order chi connectivity index (χ0) is 9.30. The Morgan fingerprint density at radius 1 is 1.17 bits per heavy atom. The number of ether oxygens (including phenoxy) is 1. The smallest absolute Gasteiger partial charge is 0.218 e. The van der Waals surface area contributed by atoms with Gasteiger partial charge in [-0.1, -0.05) is 0 Å². The van der Waals surface area contributed by atoms with Gasteiger partial charge >= 0.3 is 0 Å². The maximum atomic E-state index is 9.06. The van der Waals surface area contributed by atoms with E-state index in [0.29, 0.717) is 0 Å². The summed E-state index contributed by atoms with van der Waals surface area (Å²) >= 11 is 0. The number of aliphatic hydroxyl groups excluding tert-OH is 5. The summed E-state index contributed by atoms with van der Waals surface area (Å²) in [6.07, 6.45) is -4.31. The molecule has 1 unspecified atom stereocenters. The minimum absolute atomic E-state index is 0.560. The third kappa shape index (κ3) is 1.37. The SMILES string of the molecule is OC[C@H]1OC(O)C(O)=C(O)[C@@H]1O. The Labute approximate surface area is 68.0 Å². The summed E-state index contributed by atoms with van der Waals surface area (Å²) in [7, 11) is 0. The molecule has 0 radical (unpaired) electrons. The molecule has 6 nitrogen and oxygen atoms in total. The van der Waals surface area contributed by atoms with Crippen LogP contribution < -0.4 is 0 Å². The molecule has 0 fully saturated rings. The van der Waals surface area contributed by atoms with Gasteiger partial charge in [0.05, 0.1) is 6.61 Å². The molecule has 12 heavy (non-hydrogen) atoms. The second-order valence-electron chi connectivity index (χ2n) is 2.42. The minimum atomic E-state index is -1.69. The summed E-state index contributed by atoms with van der Waals surface area (Å²) < 4.78 is 4.52. The summed E-state index contributed by atoms with van der Waals surface area (Å²) in [5.74, 6) is -1.60. The molecule has 6 heteroatoms. The van der Waals surface area contributed by atoms with Crippen LogP contribution in [0.2, 0.25) is 0 Å². The van der Waals surface area contributed by atoms with E-state index < -0.39 is 36.6 Å². The van der Waals surface area contributed by atoms with Crippen LogP contribution in [0.3, 0.4) is 0 Å². The average Bonchev–Trinajstić information content (AvgIpc) is 2.08. The standard InChI is InChI=1S/C6H10O6/c7-1-2-3(8)4(9)5(10)6(11)12-2/h2-3,6-11H,1H2/t2-,3-,6?/m1/s1. The van der Waals surface area contributed by atoms with Crippen molar-refractivity contribution < 1.29 is 30.3 Å². The number of rotatable bonds is 1. The molecule has 3 atom stereocenters. The van der Waals surface area contributed by atoms with Gasteiger partial charge in [-0.15, -0.1) is 0 Å². The molecule has 0 bridgehead atoms. The molecular formula is C6H10O6. The Morgan fingerprint density at radius 2 is 1.75 bits per heavy atom. The van der Waals surface area contributed by atoms with Crippen LogP contribution in [0.5, 0.6) is 0 Å². The highest BCUT2D eigenvalue weighted by molar-refractivity contribution is 5.11. The Bertz CT molecular complexity index is 200. The Kier molecular flexibility index (Phi) is 2.53. The van der Waals surface area contributed by atoms with E-state index >= 15 is 0 Å².